The molecule has 0 atom stereocenters. The molecule has 59 heavy (non-hydrogen) atoms. The second-order valence-electron chi connectivity index (χ2n) is 14.0. The van der Waals surface area contributed by atoms with Crippen molar-refractivity contribution < 1.29 is 38.9 Å². The van der Waals surface area contributed by atoms with E-state index in [-0.39, 0.29) is 31.9 Å². The quantitative estimate of drug-likeness (QED) is 0.133. The summed E-state index contributed by atoms with van der Waals surface area (Å²) in [5.74, 6) is -2.15. The van der Waals surface area contributed by atoms with Gasteiger partial charge in [-0.05, 0) is 73.2 Å². The molecule has 2 aliphatic rings. The number of nitrogens with zero attached hydrogens (tertiary/aromatic N) is 2. The Morgan fingerprint density at radius 3 is 1.29 bits per heavy atom. The van der Waals surface area contributed by atoms with E-state index in [1.807, 2.05) is 48.5 Å². The molecule has 2 amide bonds. The summed E-state index contributed by atoms with van der Waals surface area (Å²) in [6.07, 6.45) is 7.52. The minimum Gasteiger partial charge on any atom is -0.496 e. The third kappa shape index (κ3) is 9.88. The highest BCUT2D eigenvalue weighted by Crippen LogP contribution is 2.50. The van der Waals surface area contributed by atoms with Crippen LogP contribution >= 0.6 is 58.2 Å². The van der Waals surface area contributed by atoms with Crippen molar-refractivity contribution in [2.45, 2.75) is 35.5 Å². The molecule has 15 heteroatoms. The summed E-state index contributed by atoms with van der Waals surface area (Å²) >= 11 is 29.5. The van der Waals surface area contributed by atoms with Crippen LogP contribution in [0.3, 0.4) is 0 Å². The molecule has 308 valence electrons. The van der Waals surface area contributed by atoms with Gasteiger partial charge in [0.05, 0.1) is 46.1 Å². The molecule has 0 radical (unpaired) electrons. The minimum atomic E-state index is -0.861. The van der Waals surface area contributed by atoms with Gasteiger partial charge in [0, 0.05) is 70.4 Å². The number of para-hydroxylation sites is 2. The number of ether oxygens (including phenoxy) is 2. The highest BCUT2D eigenvalue weighted by atomic mass is 35.5. The number of aliphatic carboxylic acids is 2. The normalized spacial score (nSPS) is 15.2. The predicted octanol–water partition coefficient (Wildman–Crippen LogP) is 10.5. The van der Waals surface area contributed by atoms with Crippen LogP contribution in [0.15, 0.2) is 82.6 Å². The summed E-state index contributed by atoms with van der Waals surface area (Å²) in [5, 5.41) is 19.5. The van der Waals surface area contributed by atoms with E-state index in [0.29, 0.717) is 107 Å². The third-order valence-corrected chi connectivity index (χ3v) is 13.6. The van der Waals surface area contributed by atoms with Gasteiger partial charge in [-0.3, -0.25) is 19.2 Å². The van der Waals surface area contributed by atoms with Gasteiger partial charge in [0.25, 0.3) is 0 Å². The van der Waals surface area contributed by atoms with E-state index in [1.165, 1.54) is 23.9 Å². The van der Waals surface area contributed by atoms with Crippen LogP contribution in [-0.4, -0.2) is 84.2 Å². The van der Waals surface area contributed by atoms with Gasteiger partial charge in [-0.25, -0.2) is 0 Å². The number of rotatable bonds is 12. The molecule has 6 rings (SSSR count). The molecule has 2 heterocycles. The van der Waals surface area contributed by atoms with E-state index in [4.69, 9.17) is 55.9 Å². The lowest BCUT2D eigenvalue weighted by Crippen LogP contribution is -2.39. The highest BCUT2D eigenvalue weighted by molar-refractivity contribution is 7.99. The molecular weight excluding hydrogens is 858 g/mol. The monoisotopic (exact) mass is 896 g/mol. The molecule has 0 aliphatic carbocycles. The number of halogens is 4. The number of likely N-dealkylation sites (tertiary alicyclic amines) is 2. The first-order valence-electron chi connectivity index (χ1n) is 18.7. The molecule has 0 bridgehead atoms. The van der Waals surface area contributed by atoms with Gasteiger partial charge in [-0.1, -0.05) is 94.6 Å². The zero-order chi connectivity index (χ0) is 42.4. The molecule has 0 unspecified atom stereocenters. The number of amides is 2. The maximum atomic E-state index is 13.3. The largest absolute Gasteiger partial charge is 0.496 e. The molecule has 4 aromatic carbocycles. The predicted molar refractivity (Wildman–Crippen MR) is 233 cm³/mol. The number of carboxylic acids is 2. The minimum absolute atomic E-state index is 0.170. The molecule has 2 N–H and O–H groups in total. The zero-order valence-corrected chi connectivity index (χ0v) is 35.9. The first kappa shape index (κ1) is 43.9. The van der Waals surface area contributed by atoms with Crippen LogP contribution in [0.5, 0.6) is 11.5 Å². The summed E-state index contributed by atoms with van der Waals surface area (Å²) in [4.78, 5) is 53.8. The van der Waals surface area contributed by atoms with Gasteiger partial charge in [0.2, 0.25) is 11.8 Å². The molecule has 0 spiro atoms. The second kappa shape index (κ2) is 19.6. The number of methoxy groups -OCH3 is 2. The smallest absolute Gasteiger partial charge is 0.306 e. The van der Waals surface area contributed by atoms with Crippen molar-refractivity contribution in [1.29, 1.82) is 0 Å². The maximum absolute atomic E-state index is 13.3. The van der Waals surface area contributed by atoms with Gasteiger partial charge in [0.1, 0.15) is 11.5 Å². The Morgan fingerprint density at radius 1 is 0.593 bits per heavy atom. The molecule has 0 aromatic heterocycles. The van der Waals surface area contributed by atoms with Crippen molar-refractivity contribution in [2.75, 3.05) is 40.4 Å². The lowest BCUT2D eigenvalue weighted by atomic mass is 9.96. The van der Waals surface area contributed by atoms with E-state index in [0.717, 1.165) is 0 Å². The number of piperidine rings is 2. The standard InChI is InChI=1S/C44H40Cl4N2O8S/c1-57-33-9-5-3-7-27(33)31-23-35(41(47)39(45)29(31)11-13-37(51)49-19-15-25(16-20-49)43(53)54)59-36-24-32(28-8-4-6-10-34(28)58-2)30(40(46)42(36)48)12-14-38(52)50-21-17-26(18-22-50)44(55)56/h3-14,23-26H,15-22H2,1-2H3,(H,53,54)(H,55,56)/b13-11+,14-12+. The molecule has 4 aromatic rings. The van der Waals surface area contributed by atoms with Crippen molar-refractivity contribution >= 4 is 94.1 Å². The Labute approximate surface area is 366 Å². The van der Waals surface area contributed by atoms with Crippen LogP contribution < -0.4 is 9.47 Å². The number of benzene rings is 4. The number of carboxylic acid groups (broad SMARTS) is 2. The van der Waals surface area contributed by atoms with Crippen LogP contribution in [-0.2, 0) is 19.2 Å². The highest BCUT2D eigenvalue weighted by Gasteiger charge is 2.28. The van der Waals surface area contributed by atoms with Crippen LogP contribution in [0.1, 0.15) is 36.8 Å². The zero-order valence-electron chi connectivity index (χ0n) is 32.1. The van der Waals surface area contributed by atoms with Gasteiger partial charge in [-0.2, -0.15) is 0 Å². The van der Waals surface area contributed by atoms with Gasteiger partial charge < -0.3 is 29.5 Å². The molecule has 2 aliphatic heterocycles. The first-order chi connectivity index (χ1) is 28.3. The van der Waals surface area contributed by atoms with Gasteiger partial charge in [0.15, 0.2) is 0 Å². The van der Waals surface area contributed by atoms with Crippen LogP contribution in [0.2, 0.25) is 20.1 Å². The average Bonchev–Trinajstić information content (AvgIpc) is 3.25. The second-order valence-corrected chi connectivity index (χ2v) is 16.6. The lowest BCUT2D eigenvalue weighted by molar-refractivity contribution is -0.145. The summed E-state index contributed by atoms with van der Waals surface area (Å²) in [7, 11) is 3.11. The van der Waals surface area contributed by atoms with E-state index < -0.39 is 23.8 Å². The maximum Gasteiger partial charge on any atom is 0.306 e. The van der Waals surface area contributed by atoms with E-state index in [1.54, 1.807) is 48.3 Å². The molecule has 0 saturated carbocycles. The summed E-state index contributed by atoms with van der Waals surface area (Å²) in [6, 6.07) is 18.4. The fourth-order valence-electron chi connectivity index (χ4n) is 7.22. The number of hydrogen-bond donors (Lipinski definition) is 2. The third-order valence-electron chi connectivity index (χ3n) is 10.5. The van der Waals surface area contributed by atoms with E-state index in [2.05, 4.69) is 0 Å². The van der Waals surface area contributed by atoms with Gasteiger partial charge >= 0.3 is 11.9 Å². The molecule has 10 nitrogen and oxygen atoms in total. The van der Waals surface area contributed by atoms with Crippen LogP contribution in [0, 0.1) is 11.8 Å². The summed E-state index contributed by atoms with van der Waals surface area (Å²) in [6.45, 7) is 1.29. The first-order valence-corrected chi connectivity index (χ1v) is 21.0. The SMILES string of the molecule is COc1ccccc1-c1cc(Sc2cc(-c3ccccc3OC)c(/C=C/C(=O)N3CCC(C(=O)O)CC3)c(Cl)c2Cl)c(Cl)c(Cl)c1/C=C/C(=O)N1CCC(C(=O)O)CC1. The summed E-state index contributed by atoms with van der Waals surface area (Å²) < 4.78 is 11.4. The van der Waals surface area contributed by atoms with E-state index >= 15 is 0 Å². The van der Waals surface area contributed by atoms with Crippen LogP contribution in [0.25, 0.3) is 34.4 Å². The topological polar surface area (TPSA) is 134 Å². The Kier molecular flexibility index (Phi) is 14.6. The van der Waals surface area contributed by atoms with Crippen molar-refractivity contribution in [3.05, 3.63) is 104 Å². The van der Waals surface area contributed by atoms with Gasteiger partial charge in [-0.15, -0.1) is 0 Å². The fourth-order valence-corrected chi connectivity index (χ4v) is 9.38. The lowest BCUT2D eigenvalue weighted by Gasteiger charge is -2.29. The molecular formula is C44H40Cl4N2O8S. The van der Waals surface area contributed by atoms with Crippen molar-refractivity contribution in [1.82, 2.24) is 9.80 Å². The Hall–Kier alpha value is -4.65. The number of hydrogen-bond acceptors (Lipinski definition) is 7. The van der Waals surface area contributed by atoms with Crippen molar-refractivity contribution in [2.24, 2.45) is 11.8 Å². The Morgan fingerprint density at radius 2 is 0.949 bits per heavy atom. The fraction of sp³-hybridized carbons (Fsp3) is 0.273. The van der Waals surface area contributed by atoms with E-state index in [9.17, 15) is 29.4 Å². The Balaban J connectivity index is 1.40. The van der Waals surface area contributed by atoms with Crippen molar-refractivity contribution in [3.63, 3.8) is 0 Å². The van der Waals surface area contributed by atoms with Crippen molar-refractivity contribution in [3.8, 4) is 33.8 Å². The number of carbonyl (C=O) groups is 4. The summed E-state index contributed by atoms with van der Waals surface area (Å²) in [5.41, 5.74) is 3.53. The molecule has 2 fully saturated rings. The van der Waals surface area contributed by atoms with Crippen LogP contribution in [0.4, 0.5) is 0 Å². The molecule has 2 saturated heterocycles. The average molecular weight is 899 g/mol. The number of carbonyl (C=O) groups excluding carboxylic acids is 2. The Bertz CT molecular complexity index is 2170.